The number of halogens is 1. The van der Waals surface area contributed by atoms with Gasteiger partial charge in [0.25, 0.3) is 0 Å². The fourth-order valence-corrected chi connectivity index (χ4v) is 1.72. The van der Waals surface area contributed by atoms with Gasteiger partial charge in [0, 0.05) is 18.4 Å². The number of oxime groups is 1. The van der Waals surface area contributed by atoms with Gasteiger partial charge < -0.3 is 15.7 Å². The second-order valence-electron chi connectivity index (χ2n) is 4.26. The fourth-order valence-electron chi connectivity index (χ4n) is 1.72. The summed E-state index contributed by atoms with van der Waals surface area (Å²) in [6.07, 6.45) is 0.446. The lowest BCUT2D eigenvalue weighted by molar-refractivity contribution is -0.143. The number of rotatable bonds is 7. The van der Waals surface area contributed by atoms with Crippen molar-refractivity contribution in [2.75, 3.05) is 6.61 Å². The van der Waals surface area contributed by atoms with Crippen molar-refractivity contribution in [3.63, 3.8) is 0 Å². The third-order valence-corrected chi connectivity index (χ3v) is 2.76. The number of Topliss-reactive ketones (excluding diaryl/α,β-unsaturated/α-hetero) is 1. The van der Waals surface area contributed by atoms with Crippen LogP contribution in [0.3, 0.4) is 0 Å². The molecule has 6 nitrogen and oxygen atoms in total. The minimum atomic E-state index is -0.750. The van der Waals surface area contributed by atoms with E-state index in [-0.39, 0.29) is 42.4 Å². The first-order chi connectivity index (χ1) is 9.99. The van der Waals surface area contributed by atoms with Crippen molar-refractivity contribution in [1.82, 2.24) is 0 Å². The molecule has 0 heterocycles. The van der Waals surface area contributed by atoms with Crippen LogP contribution in [-0.2, 0) is 9.53 Å². The maximum atomic E-state index is 13.8. The highest BCUT2D eigenvalue weighted by atomic mass is 19.1. The third kappa shape index (κ3) is 4.87. The first kappa shape index (κ1) is 16.6. The Morgan fingerprint density at radius 3 is 2.67 bits per heavy atom. The molecule has 114 valence electrons. The number of benzene rings is 1. The van der Waals surface area contributed by atoms with Crippen LogP contribution in [0, 0.1) is 5.82 Å². The predicted octanol–water partition coefficient (Wildman–Crippen LogP) is 1.84. The monoisotopic (exact) mass is 296 g/mol. The van der Waals surface area contributed by atoms with Crippen LogP contribution in [0.2, 0.25) is 0 Å². The van der Waals surface area contributed by atoms with Crippen LogP contribution in [0.1, 0.15) is 42.1 Å². The normalized spacial score (nSPS) is 11.2. The minimum absolute atomic E-state index is 0.0403. The summed E-state index contributed by atoms with van der Waals surface area (Å²) in [5.41, 5.74) is 5.42. The molecule has 0 aliphatic rings. The van der Waals surface area contributed by atoms with E-state index in [1.54, 1.807) is 6.92 Å². The lowest BCUT2D eigenvalue weighted by Crippen LogP contribution is -2.14. The Kier molecular flexibility index (Phi) is 6.32. The molecule has 0 saturated heterocycles. The summed E-state index contributed by atoms with van der Waals surface area (Å²) in [6.45, 7) is 1.98. The fraction of sp³-hybridized carbons (Fsp3) is 0.357. The molecule has 0 unspecified atom stereocenters. The molecule has 0 spiro atoms. The van der Waals surface area contributed by atoms with Gasteiger partial charge in [-0.05, 0) is 25.5 Å². The summed E-state index contributed by atoms with van der Waals surface area (Å²) < 4.78 is 18.5. The Bertz CT molecular complexity index is 558. The maximum absolute atomic E-state index is 13.8. The van der Waals surface area contributed by atoms with E-state index in [9.17, 15) is 14.0 Å². The molecule has 0 aliphatic carbocycles. The van der Waals surface area contributed by atoms with E-state index >= 15 is 0 Å². The van der Waals surface area contributed by atoms with Gasteiger partial charge in [0.1, 0.15) is 5.82 Å². The number of nitrogens with zero attached hydrogens (tertiary/aromatic N) is 1. The minimum Gasteiger partial charge on any atom is -0.466 e. The maximum Gasteiger partial charge on any atom is 0.305 e. The van der Waals surface area contributed by atoms with Crippen LogP contribution < -0.4 is 5.73 Å². The average Bonchev–Trinajstić information content (AvgIpc) is 2.46. The highest BCUT2D eigenvalue weighted by molar-refractivity contribution is 6.00. The van der Waals surface area contributed by atoms with Crippen LogP contribution >= 0.6 is 0 Å². The van der Waals surface area contributed by atoms with Gasteiger partial charge in [-0.2, -0.15) is 0 Å². The first-order valence-electron chi connectivity index (χ1n) is 6.45. The Morgan fingerprint density at radius 1 is 1.38 bits per heavy atom. The zero-order valence-corrected chi connectivity index (χ0v) is 11.6. The number of ether oxygens (including phenoxy) is 1. The summed E-state index contributed by atoms with van der Waals surface area (Å²) in [6, 6.07) is 3.68. The summed E-state index contributed by atoms with van der Waals surface area (Å²) in [4.78, 5) is 23.0. The Hall–Kier alpha value is -2.44. The highest BCUT2D eigenvalue weighted by Crippen LogP contribution is 2.14. The summed E-state index contributed by atoms with van der Waals surface area (Å²) in [5.74, 6) is -1.79. The zero-order valence-electron chi connectivity index (χ0n) is 11.6. The average molecular weight is 296 g/mol. The molecule has 0 atom stereocenters. The van der Waals surface area contributed by atoms with Crippen LogP contribution in [0.5, 0.6) is 0 Å². The highest BCUT2D eigenvalue weighted by Gasteiger charge is 2.14. The quantitative estimate of drug-likeness (QED) is 0.200. The Labute approximate surface area is 121 Å². The van der Waals surface area contributed by atoms with Crippen molar-refractivity contribution in [3.05, 3.63) is 35.1 Å². The van der Waals surface area contributed by atoms with E-state index in [1.165, 1.54) is 12.1 Å². The van der Waals surface area contributed by atoms with Gasteiger partial charge in [-0.15, -0.1) is 0 Å². The van der Waals surface area contributed by atoms with Gasteiger partial charge in [-0.1, -0.05) is 11.2 Å². The SMILES string of the molecule is CCOC(=O)CCCC(=O)c1ccc(/C(N)=N/O)cc1F. The zero-order chi connectivity index (χ0) is 15.8. The molecule has 1 aromatic rings. The molecule has 0 radical (unpaired) electrons. The largest absolute Gasteiger partial charge is 0.466 e. The molecule has 0 amide bonds. The molecule has 0 saturated carbocycles. The van der Waals surface area contributed by atoms with Crippen molar-refractivity contribution >= 4 is 17.6 Å². The molecule has 0 aromatic heterocycles. The van der Waals surface area contributed by atoms with Crippen molar-refractivity contribution in [3.8, 4) is 0 Å². The molecule has 1 rings (SSSR count). The number of amidine groups is 1. The molecule has 0 aliphatic heterocycles. The summed E-state index contributed by atoms with van der Waals surface area (Å²) >= 11 is 0. The second kappa shape index (κ2) is 7.98. The number of carbonyl (C=O) groups excluding carboxylic acids is 2. The van der Waals surface area contributed by atoms with E-state index in [0.717, 1.165) is 6.07 Å². The van der Waals surface area contributed by atoms with Crippen LogP contribution in [0.25, 0.3) is 0 Å². The van der Waals surface area contributed by atoms with E-state index in [1.807, 2.05) is 0 Å². The number of esters is 1. The van der Waals surface area contributed by atoms with Gasteiger partial charge in [-0.25, -0.2) is 4.39 Å². The number of carbonyl (C=O) groups is 2. The Morgan fingerprint density at radius 2 is 2.10 bits per heavy atom. The molecule has 0 fully saturated rings. The van der Waals surface area contributed by atoms with E-state index < -0.39 is 11.6 Å². The predicted molar refractivity (Wildman–Crippen MR) is 73.7 cm³/mol. The number of hydrogen-bond donors (Lipinski definition) is 2. The van der Waals surface area contributed by atoms with Crippen LogP contribution in [-0.4, -0.2) is 29.4 Å². The molecule has 21 heavy (non-hydrogen) atoms. The standard InChI is InChI=1S/C14H17FN2O4/c1-2-21-13(19)5-3-4-12(18)10-7-6-9(8-11(10)15)14(16)17-20/h6-8,20H,2-5H2,1H3,(H2,16,17). The second-order valence-corrected chi connectivity index (χ2v) is 4.26. The Balaban J connectivity index is 2.65. The van der Waals surface area contributed by atoms with E-state index in [0.29, 0.717) is 6.42 Å². The molecule has 7 heteroatoms. The number of ketones is 1. The van der Waals surface area contributed by atoms with Gasteiger partial charge in [-0.3, -0.25) is 9.59 Å². The lowest BCUT2D eigenvalue weighted by atomic mass is 10.0. The summed E-state index contributed by atoms with van der Waals surface area (Å²) in [7, 11) is 0. The van der Waals surface area contributed by atoms with Gasteiger partial charge in [0.05, 0.1) is 12.2 Å². The van der Waals surface area contributed by atoms with Crippen LogP contribution in [0.15, 0.2) is 23.4 Å². The lowest BCUT2D eigenvalue weighted by Gasteiger charge is -2.05. The van der Waals surface area contributed by atoms with E-state index in [4.69, 9.17) is 15.7 Å². The van der Waals surface area contributed by atoms with Crippen LogP contribution in [0.4, 0.5) is 4.39 Å². The smallest absolute Gasteiger partial charge is 0.305 e. The molecule has 0 bridgehead atoms. The summed E-state index contributed by atoms with van der Waals surface area (Å²) in [5, 5.41) is 11.3. The first-order valence-corrected chi connectivity index (χ1v) is 6.45. The molecular formula is C14H17FN2O4. The molecule has 3 N–H and O–H groups in total. The third-order valence-electron chi connectivity index (χ3n) is 2.76. The van der Waals surface area contributed by atoms with Crippen molar-refractivity contribution in [2.24, 2.45) is 10.9 Å². The van der Waals surface area contributed by atoms with Gasteiger partial charge in [0.15, 0.2) is 11.6 Å². The van der Waals surface area contributed by atoms with Crippen molar-refractivity contribution < 1.29 is 23.9 Å². The number of hydrogen-bond acceptors (Lipinski definition) is 5. The van der Waals surface area contributed by atoms with E-state index in [2.05, 4.69) is 5.16 Å². The van der Waals surface area contributed by atoms with Gasteiger partial charge >= 0.3 is 5.97 Å². The topological polar surface area (TPSA) is 102 Å². The molecule has 1 aromatic carbocycles. The number of nitrogens with two attached hydrogens (primary N) is 1. The molecular weight excluding hydrogens is 279 g/mol. The van der Waals surface area contributed by atoms with Gasteiger partial charge in [0.2, 0.25) is 0 Å². The van der Waals surface area contributed by atoms with Crippen molar-refractivity contribution in [2.45, 2.75) is 26.2 Å². The van der Waals surface area contributed by atoms with Crippen molar-refractivity contribution in [1.29, 1.82) is 0 Å².